The van der Waals surface area contributed by atoms with E-state index in [-0.39, 0.29) is 0 Å². The molecule has 0 saturated heterocycles. The molecule has 2 N–H and O–H groups in total. The zero-order valence-corrected chi connectivity index (χ0v) is 12.4. The third-order valence-electron chi connectivity index (χ3n) is 3.26. The molecule has 4 heteroatoms. The third kappa shape index (κ3) is 2.02. The van der Waals surface area contributed by atoms with Gasteiger partial charge in [-0.05, 0) is 47.5 Å². The van der Waals surface area contributed by atoms with Crippen molar-refractivity contribution < 1.29 is 0 Å². The normalized spacial score (nSPS) is 11.1. The quantitative estimate of drug-likeness (QED) is 0.738. The monoisotopic (exact) mass is 315 g/mol. The van der Waals surface area contributed by atoms with Gasteiger partial charge in [0, 0.05) is 16.2 Å². The molecule has 2 aromatic heterocycles. The maximum Gasteiger partial charge on any atom is 0.139 e. The second kappa shape index (κ2) is 4.38. The van der Waals surface area contributed by atoms with Gasteiger partial charge in [-0.3, -0.25) is 4.40 Å². The summed E-state index contributed by atoms with van der Waals surface area (Å²) < 4.78 is 2.88. The van der Waals surface area contributed by atoms with Crippen LogP contribution in [0.25, 0.3) is 16.9 Å². The van der Waals surface area contributed by atoms with Crippen LogP contribution in [0.2, 0.25) is 0 Å². The van der Waals surface area contributed by atoms with E-state index in [0.717, 1.165) is 21.4 Å². The lowest BCUT2D eigenvalue weighted by atomic mass is 10.0. The second-order valence-corrected chi connectivity index (χ2v) is 5.66. The van der Waals surface area contributed by atoms with Crippen LogP contribution in [-0.4, -0.2) is 9.38 Å². The minimum atomic E-state index is 0.670. The Morgan fingerprint density at radius 2 is 1.95 bits per heavy atom. The summed E-state index contributed by atoms with van der Waals surface area (Å²) in [5, 5.41) is 0. The fourth-order valence-electron chi connectivity index (χ4n) is 2.31. The Labute approximate surface area is 120 Å². The van der Waals surface area contributed by atoms with E-state index in [1.165, 1.54) is 11.1 Å². The number of halogens is 1. The standard InChI is InChI=1S/C15H14BrN3/c1-9-3-5-12(10(2)7-9)14-15(17)19-8-11(16)4-6-13(19)18-14/h3-8H,17H2,1-2H3. The van der Waals surface area contributed by atoms with Crippen LogP contribution in [0.3, 0.4) is 0 Å². The summed E-state index contributed by atoms with van der Waals surface area (Å²) >= 11 is 3.45. The first-order chi connectivity index (χ1) is 9.06. The highest BCUT2D eigenvalue weighted by atomic mass is 79.9. The van der Waals surface area contributed by atoms with Crippen molar-refractivity contribution in [2.75, 3.05) is 5.73 Å². The zero-order valence-electron chi connectivity index (χ0n) is 10.8. The van der Waals surface area contributed by atoms with Gasteiger partial charge in [0.1, 0.15) is 17.2 Å². The number of benzene rings is 1. The summed E-state index contributed by atoms with van der Waals surface area (Å²) in [6, 6.07) is 10.2. The smallest absolute Gasteiger partial charge is 0.139 e. The fraction of sp³-hybridized carbons (Fsp3) is 0.133. The van der Waals surface area contributed by atoms with Crippen molar-refractivity contribution in [2.45, 2.75) is 13.8 Å². The van der Waals surface area contributed by atoms with Crippen LogP contribution < -0.4 is 5.73 Å². The molecule has 0 aliphatic carbocycles. The number of hydrogen-bond acceptors (Lipinski definition) is 2. The summed E-state index contributed by atoms with van der Waals surface area (Å²) in [6.07, 6.45) is 1.94. The lowest BCUT2D eigenvalue weighted by Gasteiger charge is -2.05. The predicted molar refractivity (Wildman–Crippen MR) is 82.2 cm³/mol. The van der Waals surface area contributed by atoms with Crippen LogP contribution in [-0.2, 0) is 0 Å². The number of aromatic nitrogens is 2. The molecule has 0 fully saturated rings. The summed E-state index contributed by atoms with van der Waals surface area (Å²) in [5.41, 5.74) is 11.4. The number of rotatable bonds is 1. The van der Waals surface area contributed by atoms with Gasteiger partial charge in [0.15, 0.2) is 0 Å². The molecule has 0 unspecified atom stereocenters. The molecule has 1 aromatic carbocycles. The summed E-state index contributed by atoms with van der Waals surface area (Å²) in [4.78, 5) is 4.63. The van der Waals surface area contributed by atoms with Gasteiger partial charge in [-0.2, -0.15) is 0 Å². The molecule has 0 aliphatic rings. The van der Waals surface area contributed by atoms with Gasteiger partial charge in [-0.25, -0.2) is 4.98 Å². The summed E-state index contributed by atoms with van der Waals surface area (Å²) in [7, 11) is 0. The topological polar surface area (TPSA) is 43.3 Å². The third-order valence-corrected chi connectivity index (χ3v) is 3.73. The van der Waals surface area contributed by atoms with Gasteiger partial charge in [-0.15, -0.1) is 0 Å². The number of nitrogen functional groups attached to an aromatic ring is 1. The second-order valence-electron chi connectivity index (χ2n) is 4.74. The summed E-state index contributed by atoms with van der Waals surface area (Å²) in [6.45, 7) is 4.17. The number of fused-ring (bicyclic) bond motifs is 1. The minimum absolute atomic E-state index is 0.670. The molecule has 0 amide bonds. The Morgan fingerprint density at radius 3 is 2.68 bits per heavy atom. The van der Waals surface area contributed by atoms with Gasteiger partial charge >= 0.3 is 0 Å². The molecule has 3 rings (SSSR count). The molecule has 2 heterocycles. The Bertz CT molecular complexity index is 774. The maximum absolute atomic E-state index is 6.23. The van der Waals surface area contributed by atoms with E-state index in [1.54, 1.807) is 0 Å². The number of aryl methyl sites for hydroxylation is 2. The Morgan fingerprint density at radius 1 is 1.16 bits per heavy atom. The average Bonchev–Trinajstić information content (AvgIpc) is 2.67. The molecule has 3 aromatic rings. The van der Waals surface area contributed by atoms with Crippen molar-refractivity contribution in [1.29, 1.82) is 0 Å². The first-order valence-corrected chi connectivity index (χ1v) is 6.86. The Balaban J connectivity index is 2.28. The van der Waals surface area contributed by atoms with Crippen molar-refractivity contribution in [3.05, 3.63) is 52.1 Å². The van der Waals surface area contributed by atoms with Crippen LogP contribution in [0.5, 0.6) is 0 Å². The predicted octanol–water partition coefficient (Wildman–Crippen LogP) is 3.96. The van der Waals surface area contributed by atoms with Crippen molar-refractivity contribution in [2.24, 2.45) is 0 Å². The molecular formula is C15H14BrN3. The number of imidazole rings is 1. The maximum atomic E-state index is 6.23. The van der Waals surface area contributed by atoms with E-state index in [4.69, 9.17) is 5.73 Å². The lowest BCUT2D eigenvalue weighted by molar-refractivity contribution is 1.18. The number of nitrogens with zero attached hydrogens (tertiary/aromatic N) is 2. The first kappa shape index (κ1) is 12.2. The molecule has 96 valence electrons. The van der Waals surface area contributed by atoms with Crippen LogP contribution >= 0.6 is 15.9 Å². The zero-order chi connectivity index (χ0) is 13.6. The SMILES string of the molecule is Cc1ccc(-c2nc3ccc(Br)cn3c2N)c(C)c1. The van der Waals surface area contributed by atoms with Crippen LogP contribution in [0.4, 0.5) is 5.82 Å². The molecule has 19 heavy (non-hydrogen) atoms. The van der Waals surface area contributed by atoms with Gasteiger partial charge in [-0.1, -0.05) is 23.8 Å². The van der Waals surface area contributed by atoms with Crippen molar-refractivity contribution >= 4 is 27.4 Å². The molecular weight excluding hydrogens is 302 g/mol. The van der Waals surface area contributed by atoms with E-state index in [1.807, 2.05) is 22.7 Å². The number of anilines is 1. The van der Waals surface area contributed by atoms with Crippen LogP contribution in [0, 0.1) is 13.8 Å². The highest BCUT2D eigenvalue weighted by molar-refractivity contribution is 9.10. The Kier molecular flexibility index (Phi) is 2.82. The van der Waals surface area contributed by atoms with E-state index in [0.29, 0.717) is 5.82 Å². The minimum Gasteiger partial charge on any atom is -0.383 e. The molecule has 0 saturated carbocycles. The largest absolute Gasteiger partial charge is 0.383 e. The Hall–Kier alpha value is -1.81. The molecule has 3 nitrogen and oxygen atoms in total. The van der Waals surface area contributed by atoms with Crippen LogP contribution in [0.15, 0.2) is 41.0 Å². The van der Waals surface area contributed by atoms with Gasteiger partial charge in [0.05, 0.1) is 0 Å². The number of pyridine rings is 1. The highest BCUT2D eigenvalue weighted by Crippen LogP contribution is 2.30. The molecule has 0 aliphatic heterocycles. The van der Waals surface area contributed by atoms with Crippen molar-refractivity contribution in [3.63, 3.8) is 0 Å². The molecule has 0 atom stereocenters. The molecule has 0 radical (unpaired) electrons. The van der Waals surface area contributed by atoms with Gasteiger partial charge in [0.2, 0.25) is 0 Å². The highest BCUT2D eigenvalue weighted by Gasteiger charge is 2.13. The van der Waals surface area contributed by atoms with Crippen LogP contribution in [0.1, 0.15) is 11.1 Å². The van der Waals surface area contributed by atoms with Crippen molar-refractivity contribution in [3.8, 4) is 11.3 Å². The average molecular weight is 316 g/mol. The first-order valence-electron chi connectivity index (χ1n) is 6.07. The number of hydrogen-bond donors (Lipinski definition) is 1. The summed E-state index contributed by atoms with van der Waals surface area (Å²) in [5.74, 6) is 0.670. The van der Waals surface area contributed by atoms with E-state index < -0.39 is 0 Å². The van der Waals surface area contributed by atoms with Crippen molar-refractivity contribution in [1.82, 2.24) is 9.38 Å². The van der Waals surface area contributed by atoms with E-state index >= 15 is 0 Å². The fourth-order valence-corrected chi connectivity index (χ4v) is 2.65. The van der Waals surface area contributed by atoms with E-state index in [9.17, 15) is 0 Å². The number of nitrogens with two attached hydrogens (primary N) is 1. The van der Waals surface area contributed by atoms with E-state index in [2.05, 4.69) is 53.0 Å². The lowest BCUT2D eigenvalue weighted by Crippen LogP contribution is -1.95. The molecule has 0 spiro atoms. The molecule has 0 bridgehead atoms. The van der Waals surface area contributed by atoms with Gasteiger partial charge < -0.3 is 5.73 Å². The van der Waals surface area contributed by atoms with Gasteiger partial charge in [0.25, 0.3) is 0 Å².